The van der Waals surface area contributed by atoms with Gasteiger partial charge in [0.15, 0.2) is 0 Å². The molecule has 1 saturated heterocycles. The first-order valence-corrected chi connectivity index (χ1v) is 7.78. The molecule has 130 valence electrons. The number of benzene rings is 1. The molecule has 8 heteroatoms. The van der Waals surface area contributed by atoms with Crippen molar-refractivity contribution in [2.45, 2.75) is 32.2 Å². The van der Waals surface area contributed by atoms with Crippen LogP contribution in [0.1, 0.15) is 35.9 Å². The van der Waals surface area contributed by atoms with Gasteiger partial charge in [-0.05, 0) is 11.6 Å². The Kier molecular flexibility index (Phi) is 4.86. The molecule has 0 spiro atoms. The summed E-state index contributed by atoms with van der Waals surface area (Å²) in [5, 5.41) is 7.86. The zero-order valence-electron chi connectivity index (χ0n) is 13.2. The second-order valence-electron chi connectivity index (χ2n) is 5.62. The molecule has 3 rings (SSSR count). The van der Waals surface area contributed by atoms with Gasteiger partial charge in [0.2, 0.25) is 11.8 Å². The first-order valence-electron chi connectivity index (χ1n) is 7.78. The average Bonchev–Trinajstić information content (AvgIpc) is 3.02. The van der Waals surface area contributed by atoms with E-state index in [0.29, 0.717) is 44.4 Å². The second-order valence-corrected chi connectivity index (χ2v) is 5.62. The van der Waals surface area contributed by atoms with Crippen LogP contribution in [0.5, 0.6) is 0 Å². The molecule has 5 nitrogen and oxygen atoms in total. The molecule has 2 heterocycles. The largest absolute Gasteiger partial charge is 0.424 e. The van der Waals surface area contributed by atoms with Gasteiger partial charge in [-0.25, -0.2) is 0 Å². The standard InChI is InChI=1S/C16H18F3N3O2/c1-2-14-20-21-15(24-14)10-22-7-8-23-13(9-22)11-5-3-4-6-12(11)16(17,18)19/h3-6,13H,2,7-10H2,1H3/t13-/m0/s1. The molecular formula is C16H18F3N3O2. The predicted molar refractivity (Wildman–Crippen MR) is 79.1 cm³/mol. The van der Waals surface area contributed by atoms with E-state index in [1.807, 2.05) is 11.8 Å². The molecule has 0 saturated carbocycles. The summed E-state index contributed by atoms with van der Waals surface area (Å²) in [7, 11) is 0. The van der Waals surface area contributed by atoms with Crippen LogP contribution in [0.15, 0.2) is 28.7 Å². The van der Waals surface area contributed by atoms with E-state index < -0.39 is 17.8 Å². The van der Waals surface area contributed by atoms with Crippen molar-refractivity contribution in [1.82, 2.24) is 15.1 Å². The first kappa shape index (κ1) is 16.9. The summed E-state index contributed by atoms with van der Waals surface area (Å²) < 4.78 is 50.6. The number of hydrogen-bond donors (Lipinski definition) is 0. The van der Waals surface area contributed by atoms with Crippen LogP contribution in [-0.4, -0.2) is 34.8 Å². The van der Waals surface area contributed by atoms with E-state index in [9.17, 15) is 13.2 Å². The second kappa shape index (κ2) is 6.90. The van der Waals surface area contributed by atoms with Crippen LogP contribution in [0.2, 0.25) is 0 Å². The highest BCUT2D eigenvalue weighted by molar-refractivity contribution is 5.32. The lowest BCUT2D eigenvalue weighted by atomic mass is 10.0. The molecule has 0 N–H and O–H groups in total. The van der Waals surface area contributed by atoms with Gasteiger partial charge in [-0.1, -0.05) is 25.1 Å². The number of alkyl halides is 3. The summed E-state index contributed by atoms with van der Waals surface area (Å²) in [6.07, 6.45) is -4.38. The summed E-state index contributed by atoms with van der Waals surface area (Å²) in [4.78, 5) is 1.97. The topological polar surface area (TPSA) is 51.4 Å². The fourth-order valence-electron chi connectivity index (χ4n) is 2.76. The fraction of sp³-hybridized carbons (Fsp3) is 0.500. The fourth-order valence-corrected chi connectivity index (χ4v) is 2.76. The van der Waals surface area contributed by atoms with E-state index in [0.717, 1.165) is 6.07 Å². The summed E-state index contributed by atoms with van der Waals surface area (Å²) in [6, 6.07) is 5.54. The number of aryl methyl sites for hydroxylation is 1. The number of morpholine rings is 1. The Labute approximate surface area is 137 Å². The first-order chi connectivity index (χ1) is 11.5. The van der Waals surface area contributed by atoms with Crippen molar-refractivity contribution in [3.8, 4) is 0 Å². The van der Waals surface area contributed by atoms with Crippen molar-refractivity contribution in [1.29, 1.82) is 0 Å². The van der Waals surface area contributed by atoms with Crippen LogP contribution in [-0.2, 0) is 23.9 Å². The Morgan fingerprint density at radius 3 is 2.67 bits per heavy atom. The van der Waals surface area contributed by atoms with E-state index >= 15 is 0 Å². The summed E-state index contributed by atoms with van der Waals surface area (Å²) >= 11 is 0. The molecule has 0 aliphatic carbocycles. The van der Waals surface area contributed by atoms with Gasteiger partial charge in [0.05, 0.1) is 24.8 Å². The van der Waals surface area contributed by atoms with Gasteiger partial charge < -0.3 is 9.15 Å². The number of ether oxygens (including phenoxy) is 1. The molecule has 1 atom stereocenters. The molecule has 1 aromatic carbocycles. The number of hydrogen-bond acceptors (Lipinski definition) is 5. The predicted octanol–water partition coefficient (Wildman–Crippen LogP) is 3.22. The molecule has 1 fully saturated rings. The van der Waals surface area contributed by atoms with Gasteiger partial charge in [-0.2, -0.15) is 13.2 Å². The molecule has 0 amide bonds. The molecule has 0 bridgehead atoms. The zero-order chi connectivity index (χ0) is 17.2. The molecule has 1 aliphatic rings. The Morgan fingerprint density at radius 1 is 1.21 bits per heavy atom. The van der Waals surface area contributed by atoms with Crippen molar-refractivity contribution in [2.24, 2.45) is 0 Å². The van der Waals surface area contributed by atoms with Gasteiger partial charge in [0.25, 0.3) is 0 Å². The Bertz CT molecular complexity index is 687. The highest BCUT2D eigenvalue weighted by Crippen LogP contribution is 2.36. The maximum atomic E-state index is 13.2. The van der Waals surface area contributed by atoms with Crippen LogP contribution in [0.25, 0.3) is 0 Å². The third-order valence-corrected chi connectivity index (χ3v) is 3.93. The SMILES string of the molecule is CCc1nnc(CN2CCO[C@H](c3ccccc3C(F)(F)F)C2)o1. The van der Waals surface area contributed by atoms with Crippen molar-refractivity contribution >= 4 is 0 Å². The number of aromatic nitrogens is 2. The number of halogens is 3. The van der Waals surface area contributed by atoms with E-state index in [4.69, 9.17) is 9.15 Å². The Hall–Kier alpha value is -1.93. The van der Waals surface area contributed by atoms with Gasteiger partial charge >= 0.3 is 6.18 Å². The highest BCUT2D eigenvalue weighted by Gasteiger charge is 2.36. The minimum Gasteiger partial charge on any atom is -0.424 e. The lowest BCUT2D eigenvalue weighted by molar-refractivity contribution is -0.140. The van der Waals surface area contributed by atoms with Crippen LogP contribution >= 0.6 is 0 Å². The minimum absolute atomic E-state index is 0.162. The van der Waals surface area contributed by atoms with E-state index in [1.165, 1.54) is 12.1 Å². The maximum absolute atomic E-state index is 13.2. The molecule has 1 aliphatic heterocycles. The average molecular weight is 341 g/mol. The van der Waals surface area contributed by atoms with Crippen LogP contribution in [0.4, 0.5) is 13.2 Å². The van der Waals surface area contributed by atoms with Gasteiger partial charge in [0.1, 0.15) is 0 Å². The lowest BCUT2D eigenvalue weighted by Crippen LogP contribution is -2.38. The molecule has 0 unspecified atom stereocenters. The molecule has 1 aromatic heterocycles. The van der Waals surface area contributed by atoms with Gasteiger partial charge in [0, 0.05) is 19.5 Å². The maximum Gasteiger partial charge on any atom is 0.416 e. The third-order valence-electron chi connectivity index (χ3n) is 3.93. The smallest absolute Gasteiger partial charge is 0.416 e. The Morgan fingerprint density at radius 2 is 1.96 bits per heavy atom. The molecule has 0 radical (unpaired) electrons. The number of nitrogens with zero attached hydrogens (tertiary/aromatic N) is 3. The quantitative estimate of drug-likeness (QED) is 0.855. The molecule has 24 heavy (non-hydrogen) atoms. The van der Waals surface area contributed by atoms with Crippen LogP contribution in [0, 0.1) is 0 Å². The summed E-state index contributed by atoms with van der Waals surface area (Å²) in [6.45, 7) is 3.62. The number of rotatable bonds is 4. The molecular weight excluding hydrogens is 323 g/mol. The van der Waals surface area contributed by atoms with Crippen molar-refractivity contribution in [3.63, 3.8) is 0 Å². The molecule has 2 aromatic rings. The highest BCUT2D eigenvalue weighted by atomic mass is 19.4. The van der Waals surface area contributed by atoms with Gasteiger partial charge in [-0.15, -0.1) is 10.2 Å². The summed E-state index contributed by atoms with van der Waals surface area (Å²) in [5.41, 5.74) is -0.489. The monoisotopic (exact) mass is 341 g/mol. The van der Waals surface area contributed by atoms with Crippen LogP contribution < -0.4 is 0 Å². The van der Waals surface area contributed by atoms with E-state index in [2.05, 4.69) is 10.2 Å². The van der Waals surface area contributed by atoms with Crippen LogP contribution in [0.3, 0.4) is 0 Å². The Balaban J connectivity index is 1.74. The van der Waals surface area contributed by atoms with Crippen molar-refractivity contribution in [2.75, 3.05) is 19.7 Å². The van der Waals surface area contributed by atoms with Gasteiger partial charge in [-0.3, -0.25) is 4.90 Å². The normalized spacial score (nSPS) is 19.6. The summed E-state index contributed by atoms with van der Waals surface area (Å²) in [5.74, 6) is 1.02. The van der Waals surface area contributed by atoms with E-state index in [-0.39, 0.29) is 5.56 Å². The van der Waals surface area contributed by atoms with Crippen molar-refractivity contribution < 1.29 is 22.3 Å². The zero-order valence-corrected chi connectivity index (χ0v) is 13.2. The van der Waals surface area contributed by atoms with Crippen molar-refractivity contribution in [3.05, 3.63) is 47.2 Å². The third kappa shape index (κ3) is 3.76. The lowest BCUT2D eigenvalue weighted by Gasteiger charge is -2.33. The minimum atomic E-state index is -4.40. The van der Waals surface area contributed by atoms with E-state index in [1.54, 1.807) is 6.07 Å².